The second-order valence-corrected chi connectivity index (χ2v) is 7.54. The van der Waals surface area contributed by atoms with E-state index in [1.807, 2.05) is 0 Å². The van der Waals surface area contributed by atoms with Gasteiger partial charge in [-0.05, 0) is 48.5 Å². The van der Waals surface area contributed by atoms with Crippen molar-refractivity contribution in [1.82, 2.24) is 4.90 Å². The first kappa shape index (κ1) is 20.7. The molecule has 1 unspecified atom stereocenters. The number of halogens is 1. The number of carbonyl (C=O) groups excluding carboxylic acids is 3. The fourth-order valence-corrected chi connectivity index (χ4v) is 3.54. The molecule has 3 aromatic rings. The number of anilines is 1. The van der Waals surface area contributed by atoms with Crippen LogP contribution >= 0.6 is 11.6 Å². The molecule has 0 saturated carbocycles. The first-order chi connectivity index (χ1) is 15.0. The zero-order chi connectivity index (χ0) is 21.8. The molecule has 4 rings (SSSR count). The van der Waals surface area contributed by atoms with Crippen LogP contribution in [0, 0.1) is 5.92 Å². The molecule has 2 heterocycles. The summed E-state index contributed by atoms with van der Waals surface area (Å²) in [5.41, 5.74) is 0.898. The van der Waals surface area contributed by atoms with Crippen molar-refractivity contribution < 1.29 is 23.5 Å². The Bertz CT molecular complexity index is 1100. The lowest BCUT2D eigenvalue weighted by molar-refractivity contribution is -0.139. The standard InChI is InChI=1S/C23H19ClN2O5/c24-20-6-2-1-5-19(20)22(28)25-16-7-9-17(10-8-16)31-23(29)15-12-21(27)26(13-15)14-18-4-3-11-30-18/h1-11,15H,12-14H2,(H,25,28). The lowest BCUT2D eigenvalue weighted by atomic mass is 10.1. The monoisotopic (exact) mass is 438 g/mol. The Morgan fingerprint density at radius 1 is 1.10 bits per heavy atom. The number of esters is 1. The van der Waals surface area contributed by atoms with Crippen LogP contribution in [0.15, 0.2) is 71.3 Å². The van der Waals surface area contributed by atoms with E-state index < -0.39 is 11.9 Å². The molecule has 2 amide bonds. The summed E-state index contributed by atoms with van der Waals surface area (Å²) < 4.78 is 10.7. The summed E-state index contributed by atoms with van der Waals surface area (Å²) in [6.07, 6.45) is 1.65. The molecule has 8 heteroatoms. The van der Waals surface area contributed by atoms with E-state index in [-0.39, 0.29) is 24.8 Å². The van der Waals surface area contributed by atoms with Crippen LogP contribution in [-0.2, 0) is 16.1 Å². The second-order valence-electron chi connectivity index (χ2n) is 7.13. The van der Waals surface area contributed by atoms with E-state index in [9.17, 15) is 14.4 Å². The number of hydrogen-bond acceptors (Lipinski definition) is 5. The minimum Gasteiger partial charge on any atom is -0.467 e. The molecule has 0 radical (unpaired) electrons. The Hall–Kier alpha value is -3.58. The molecular formula is C23H19ClN2O5. The number of nitrogens with one attached hydrogen (secondary N) is 1. The molecule has 0 spiro atoms. The molecule has 1 atom stereocenters. The SMILES string of the molecule is O=C(Nc1ccc(OC(=O)C2CC(=O)N(Cc3ccco3)C2)cc1)c1ccccc1Cl. The number of hydrogen-bond donors (Lipinski definition) is 1. The number of carbonyl (C=O) groups is 3. The van der Waals surface area contributed by atoms with Crippen LogP contribution in [-0.4, -0.2) is 29.2 Å². The van der Waals surface area contributed by atoms with Gasteiger partial charge in [-0.25, -0.2) is 0 Å². The summed E-state index contributed by atoms with van der Waals surface area (Å²) >= 11 is 6.04. The van der Waals surface area contributed by atoms with Crippen molar-refractivity contribution in [3.05, 3.63) is 83.3 Å². The predicted molar refractivity (Wildman–Crippen MR) is 114 cm³/mol. The van der Waals surface area contributed by atoms with Crippen molar-refractivity contribution in [3.8, 4) is 5.75 Å². The van der Waals surface area contributed by atoms with Crippen LogP contribution < -0.4 is 10.1 Å². The van der Waals surface area contributed by atoms with Gasteiger partial charge < -0.3 is 19.4 Å². The Kier molecular flexibility index (Phi) is 6.04. The summed E-state index contributed by atoms with van der Waals surface area (Å²) in [7, 11) is 0. The topological polar surface area (TPSA) is 88.8 Å². The highest BCUT2D eigenvalue weighted by Gasteiger charge is 2.36. The van der Waals surface area contributed by atoms with Gasteiger partial charge in [0.05, 0.1) is 29.3 Å². The van der Waals surface area contributed by atoms with Gasteiger partial charge in [0.25, 0.3) is 5.91 Å². The number of amides is 2. The molecule has 1 saturated heterocycles. The summed E-state index contributed by atoms with van der Waals surface area (Å²) in [5.74, 6) is -0.466. The van der Waals surface area contributed by atoms with Gasteiger partial charge in [0.1, 0.15) is 11.5 Å². The Morgan fingerprint density at radius 3 is 2.58 bits per heavy atom. The van der Waals surface area contributed by atoms with Crippen molar-refractivity contribution in [2.24, 2.45) is 5.92 Å². The molecule has 158 valence electrons. The number of ether oxygens (including phenoxy) is 1. The Morgan fingerprint density at radius 2 is 1.87 bits per heavy atom. The van der Waals surface area contributed by atoms with Crippen LogP contribution in [0.5, 0.6) is 5.75 Å². The van der Waals surface area contributed by atoms with Crippen LogP contribution in [0.4, 0.5) is 5.69 Å². The normalized spacial score (nSPS) is 15.7. The fraction of sp³-hybridized carbons (Fsp3) is 0.174. The van der Waals surface area contributed by atoms with E-state index >= 15 is 0 Å². The third-order valence-electron chi connectivity index (χ3n) is 4.92. The van der Waals surface area contributed by atoms with Gasteiger partial charge in [0, 0.05) is 18.7 Å². The van der Waals surface area contributed by atoms with Crippen LogP contribution in [0.2, 0.25) is 5.02 Å². The van der Waals surface area contributed by atoms with Crippen molar-refractivity contribution in [2.75, 3.05) is 11.9 Å². The summed E-state index contributed by atoms with van der Waals surface area (Å²) in [4.78, 5) is 38.6. The molecule has 1 fully saturated rings. The molecule has 0 bridgehead atoms. The van der Waals surface area contributed by atoms with Crippen molar-refractivity contribution in [1.29, 1.82) is 0 Å². The van der Waals surface area contributed by atoms with Crippen LogP contribution in [0.25, 0.3) is 0 Å². The smallest absolute Gasteiger partial charge is 0.316 e. The van der Waals surface area contributed by atoms with Crippen molar-refractivity contribution in [2.45, 2.75) is 13.0 Å². The fourth-order valence-electron chi connectivity index (χ4n) is 3.32. The number of rotatable bonds is 6. The number of likely N-dealkylation sites (tertiary alicyclic amines) is 1. The van der Waals surface area contributed by atoms with E-state index in [4.69, 9.17) is 20.8 Å². The molecule has 2 aromatic carbocycles. The molecular weight excluding hydrogens is 420 g/mol. The molecule has 1 aliphatic rings. The number of benzene rings is 2. The largest absolute Gasteiger partial charge is 0.467 e. The maximum atomic E-state index is 12.5. The lowest BCUT2D eigenvalue weighted by Crippen LogP contribution is -2.27. The minimum absolute atomic E-state index is 0.103. The highest BCUT2D eigenvalue weighted by molar-refractivity contribution is 6.34. The summed E-state index contributed by atoms with van der Waals surface area (Å²) in [5, 5.41) is 3.10. The van der Waals surface area contributed by atoms with Gasteiger partial charge in [0.15, 0.2) is 0 Å². The van der Waals surface area contributed by atoms with E-state index in [0.29, 0.717) is 34.3 Å². The zero-order valence-electron chi connectivity index (χ0n) is 16.4. The average molecular weight is 439 g/mol. The molecule has 31 heavy (non-hydrogen) atoms. The Labute approximate surface area is 183 Å². The summed E-state index contributed by atoms with van der Waals surface area (Å²) in [6.45, 7) is 0.611. The van der Waals surface area contributed by atoms with Crippen LogP contribution in [0.3, 0.4) is 0 Å². The highest BCUT2D eigenvalue weighted by Crippen LogP contribution is 2.24. The van der Waals surface area contributed by atoms with Gasteiger partial charge in [-0.2, -0.15) is 0 Å². The quantitative estimate of drug-likeness (QED) is 0.461. The third kappa shape index (κ3) is 4.95. The maximum absolute atomic E-state index is 12.5. The second kappa shape index (κ2) is 9.06. The van der Waals surface area contributed by atoms with E-state index in [0.717, 1.165) is 0 Å². The molecule has 7 nitrogen and oxygen atoms in total. The first-order valence-electron chi connectivity index (χ1n) is 9.67. The van der Waals surface area contributed by atoms with E-state index in [1.165, 1.54) is 0 Å². The molecule has 1 aromatic heterocycles. The Balaban J connectivity index is 1.32. The first-order valence-corrected chi connectivity index (χ1v) is 10.0. The van der Waals surface area contributed by atoms with Crippen molar-refractivity contribution >= 4 is 35.1 Å². The average Bonchev–Trinajstić information content (AvgIpc) is 3.40. The number of furan rings is 1. The summed E-state index contributed by atoms with van der Waals surface area (Å²) in [6, 6.07) is 16.7. The maximum Gasteiger partial charge on any atom is 0.316 e. The third-order valence-corrected chi connectivity index (χ3v) is 5.25. The highest BCUT2D eigenvalue weighted by atomic mass is 35.5. The molecule has 0 aliphatic carbocycles. The van der Waals surface area contributed by atoms with E-state index in [1.54, 1.807) is 71.8 Å². The number of nitrogens with zero attached hydrogens (tertiary/aromatic N) is 1. The zero-order valence-corrected chi connectivity index (χ0v) is 17.2. The minimum atomic E-state index is -0.540. The van der Waals surface area contributed by atoms with Gasteiger partial charge >= 0.3 is 5.97 Å². The van der Waals surface area contributed by atoms with Gasteiger partial charge in [-0.3, -0.25) is 14.4 Å². The van der Waals surface area contributed by atoms with Gasteiger partial charge in [0.2, 0.25) is 5.91 Å². The van der Waals surface area contributed by atoms with Crippen LogP contribution in [0.1, 0.15) is 22.5 Å². The predicted octanol–water partition coefficient (Wildman–Crippen LogP) is 4.14. The molecule has 1 aliphatic heterocycles. The van der Waals surface area contributed by atoms with Crippen molar-refractivity contribution in [3.63, 3.8) is 0 Å². The van der Waals surface area contributed by atoms with Gasteiger partial charge in [-0.1, -0.05) is 23.7 Å². The molecule has 1 N–H and O–H groups in total. The van der Waals surface area contributed by atoms with E-state index in [2.05, 4.69) is 5.32 Å². The van der Waals surface area contributed by atoms with Gasteiger partial charge in [-0.15, -0.1) is 0 Å². The lowest BCUT2D eigenvalue weighted by Gasteiger charge is -2.14.